The molecule has 102 valence electrons. The van der Waals surface area contributed by atoms with Crippen LogP contribution in [0.2, 0.25) is 0 Å². The van der Waals surface area contributed by atoms with Gasteiger partial charge in [0.15, 0.2) is 5.54 Å². The Labute approximate surface area is 120 Å². The molecule has 0 bridgehead atoms. The highest BCUT2D eigenvalue weighted by molar-refractivity contribution is 6.07. The summed E-state index contributed by atoms with van der Waals surface area (Å²) >= 11 is 0. The van der Waals surface area contributed by atoms with Crippen LogP contribution in [0.25, 0.3) is 0 Å². The second kappa shape index (κ2) is 4.20. The standard InChI is InChI=1S/C18H19NO/c1-17(2,3)19-16(20)18(19,14-10-6-4-7-11-14)15-12-8-5-9-13-15/h4-13H,1-3H3. The topological polar surface area (TPSA) is 20.1 Å². The van der Waals surface area contributed by atoms with Crippen LogP contribution in [0.15, 0.2) is 60.7 Å². The summed E-state index contributed by atoms with van der Waals surface area (Å²) in [4.78, 5) is 14.7. The number of rotatable bonds is 2. The molecule has 0 radical (unpaired) electrons. The smallest absolute Gasteiger partial charge is 0.259 e. The van der Waals surface area contributed by atoms with Gasteiger partial charge < -0.3 is 4.90 Å². The molecule has 1 amide bonds. The molecule has 0 unspecified atom stereocenters. The lowest BCUT2D eigenvalue weighted by Crippen LogP contribution is -2.32. The summed E-state index contributed by atoms with van der Waals surface area (Å²) in [6.07, 6.45) is 0. The van der Waals surface area contributed by atoms with Crippen molar-refractivity contribution in [3.8, 4) is 0 Å². The fraction of sp³-hybridized carbons (Fsp3) is 0.278. The summed E-state index contributed by atoms with van der Waals surface area (Å²) in [5.74, 6) is 0.183. The van der Waals surface area contributed by atoms with Gasteiger partial charge in [-0.25, -0.2) is 0 Å². The van der Waals surface area contributed by atoms with Crippen LogP contribution in [0.4, 0.5) is 0 Å². The molecule has 2 nitrogen and oxygen atoms in total. The summed E-state index contributed by atoms with van der Waals surface area (Å²) in [6.45, 7) is 6.25. The monoisotopic (exact) mass is 265 g/mol. The highest BCUT2D eigenvalue weighted by atomic mass is 16.2. The van der Waals surface area contributed by atoms with E-state index in [2.05, 4.69) is 20.8 Å². The molecule has 0 aromatic heterocycles. The lowest BCUT2D eigenvalue weighted by molar-refractivity contribution is -0.115. The first-order chi connectivity index (χ1) is 9.49. The third-order valence-electron chi connectivity index (χ3n) is 3.85. The van der Waals surface area contributed by atoms with E-state index >= 15 is 0 Å². The van der Waals surface area contributed by atoms with Crippen LogP contribution in [0, 0.1) is 0 Å². The molecule has 2 aromatic rings. The van der Waals surface area contributed by atoms with E-state index in [1.165, 1.54) is 0 Å². The van der Waals surface area contributed by atoms with E-state index in [1.54, 1.807) is 0 Å². The Bertz CT molecular complexity index is 586. The number of nitrogens with zero attached hydrogens (tertiary/aromatic N) is 1. The van der Waals surface area contributed by atoms with Crippen molar-refractivity contribution in [1.82, 2.24) is 4.90 Å². The normalized spacial score (nSPS) is 17.1. The summed E-state index contributed by atoms with van der Waals surface area (Å²) in [5.41, 5.74) is 1.29. The van der Waals surface area contributed by atoms with Crippen LogP contribution in [-0.4, -0.2) is 16.3 Å². The van der Waals surface area contributed by atoms with Crippen molar-refractivity contribution >= 4 is 5.91 Å². The predicted molar refractivity (Wildman–Crippen MR) is 80.3 cm³/mol. The molecule has 2 aromatic carbocycles. The van der Waals surface area contributed by atoms with Crippen LogP contribution >= 0.6 is 0 Å². The lowest BCUT2D eigenvalue weighted by atomic mass is 9.89. The van der Waals surface area contributed by atoms with Gasteiger partial charge in [0.25, 0.3) is 5.91 Å². The van der Waals surface area contributed by atoms with Gasteiger partial charge in [-0.1, -0.05) is 60.7 Å². The number of benzene rings is 2. The Morgan fingerprint density at radius 2 is 1.20 bits per heavy atom. The van der Waals surface area contributed by atoms with E-state index < -0.39 is 5.54 Å². The maximum Gasteiger partial charge on any atom is 0.259 e. The van der Waals surface area contributed by atoms with Gasteiger partial charge in [0, 0.05) is 5.54 Å². The largest absolute Gasteiger partial charge is 0.313 e. The molecule has 1 fully saturated rings. The fourth-order valence-corrected chi connectivity index (χ4v) is 3.07. The molecule has 0 aliphatic carbocycles. The SMILES string of the molecule is CC(C)(C)N1C(=O)C1(c1ccccc1)c1ccccc1. The van der Waals surface area contributed by atoms with Gasteiger partial charge in [-0.3, -0.25) is 4.79 Å². The first kappa shape index (κ1) is 12.9. The van der Waals surface area contributed by atoms with Gasteiger partial charge in [-0.15, -0.1) is 0 Å². The van der Waals surface area contributed by atoms with Gasteiger partial charge in [0.05, 0.1) is 0 Å². The van der Waals surface area contributed by atoms with Crippen molar-refractivity contribution in [3.05, 3.63) is 71.8 Å². The van der Waals surface area contributed by atoms with Gasteiger partial charge in [-0.05, 0) is 31.9 Å². The van der Waals surface area contributed by atoms with Crippen molar-refractivity contribution in [2.24, 2.45) is 0 Å². The van der Waals surface area contributed by atoms with Crippen molar-refractivity contribution < 1.29 is 4.79 Å². The van der Waals surface area contributed by atoms with E-state index in [9.17, 15) is 4.79 Å². The second-order valence-corrected chi connectivity index (χ2v) is 6.25. The van der Waals surface area contributed by atoms with E-state index in [0.29, 0.717) is 0 Å². The molecule has 3 rings (SSSR count). The Kier molecular flexibility index (Phi) is 2.72. The summed E-state index contributed by atoms with van der Waals surface area (Å²) in [6, 6.07) is 20.1. The molecule has 0 N–H and O–H groups in total. The van der Waals surface area contributed by atoms with Crippen LogP contribution in [-0.2, 0) is 10.3 Å². The summed E-state index contributed by atoms with van der Waals surface area (Å²) < 4.78 is 0. The van der Waals surface area contributed by atoms with Gasteiger partial charge >= 0.3 is 0 Å². The average Bonchev–Trinajstić information content (AvgIpc) is 3.08. The zero-order valence-electron chi connectivity index (χ0n) is 12.1. The minimum Gasteiger partial charge on any atom is -0.313 e. The number of hydrogen-bond acceptors (Lipinski definition) is 1. The van der Waals surface area contributed by atoms with Crippen molar-refractivity contribution in [2.45, 2.75) is 31.8 Å². The Morgan fingerprint density at radius 1 is 0.800 bits per heavy atom. The van der Waals surface area contributed by atoms with E-state index in [4.69, 9.17) is 0 Å². The van der Waals surface area contributed by atoms with E-state index in [-0.39, 0.29) is 11.4 Å². The molecule has 20 heavy (non-hydrogen) atoms. The number of amides is 1. The van der Waals surface area contributed by atoms with Crippen LogP contribution in [0.1, 0.15) is 31.9 Å². The number of carbonyl (C=O) groups excluding carboxylic acids is 1. The molecule has 0 saturated carbocycles. The van der Waals surface area contributed by atoms with Crippen molar-refractivity contribution in [3.63, 3.8) is 0 Å². The van der Waals surface area contributed by atoms with Crippen molar-refractivity contribution in [1.29, 1.82) is 0 Å². The molecular formula is C18H19NO. The van der Waals surface area contributed by atoms with E-state index in [1.807, 2.05) is 65.6 Å². The average molecular weight is 265 g/mol. The number of carbonyl (C=O) groups is 1. The minimum atomic E-state index is -0.610. The second-order valence-electron chi connectivity index (χ2n) is 6.25. The molecule has 0 atom stereocenters. The highest BCUT2D eigenvalue weighted by Gasteiger charge is 2.68. The predicted octanol–water partition coefficient (Wildman–Crippen LogP) is 3.57. The summed E-state index contributed by atoms with van der Waals surface area (Å²) in [7, 11) is 0. The number of hydrogen-bond donors (Lipinski definition) is 0. The third-order valence-corrected chi connectivity index (χ3v) is 3.85. The fourth-order valence-electron chi connectivity index (χ4n) is 3.07. The first-order valence-corrected chi connectivity index (χ1v) is 6.95. The third kappa shape index (κ3) is 1.68. The zero-order chi connectivity index (χ0) is 14.4. The van der Waals surface area contributed by atoms with E-state index in [0.717, 1.165) is 11.1 Å². The molecule has 1 aliphatic rings. The molecule has 0 spiro atoms. The minimum absolute atomic E-state index is 0.183. The van der Waals surface area contributed by atoms with Crippen LogP contribution < -0.4 is 0 Å². The van der Waals surface area contributed by atoms with Crippen molar-refractivity contribution in [2.75, 3.05) is 0 Å². The molecular weight excluding hydrogens is 246 g/mol. The van der Waals surface area contributed by atoms with Crippen LogP contribution in [0.3, 0.4) is 0 Å². The molecule has 1 heterocycles. The Balaban J connectivity index is 2.20. The molecule has 1 saturated heterocycles. The van der Waals surface area contributed by atoms with Gasteiger partial charge in [-0.2, -0.15) is 0 Å². The van der Waals surface area contributed by atoms with Gasteiger partial charge in [0.1, 0.15) is 0 Å². The molecule has 2 heteroatoms. The quantitative estimate of drug-likeness (QED) is 0.760. The lowest BCUT2D eigenvalue weighted by Gasteiger charge is -2.26. The van der Waals surface area contributed by atoms with Gasteiger partial charge in [0.2, 0.25) is 0 Å². The van der Waals surface area contributed by atoms with Crippen LogP contribution in [0.5, 0.6) is 0 Å². The first-order valence-electron chi connectivity index (χ1n) is 6.95. The molecule has 1 aliphatic heterocycles. The zero-order valence-corrected chi connectivity index (χ0v) is 12.1. The maximum absolute atomic E-state index is 12.7. The highest BCUT2D eigenvalue weighted by Crippen LogP contribution is 2.53. The Hall–Kier alpha value is -2.09. The summed E-state index contributed by atoms with van der Waals surface area (Å²) in [5, 5.41) is 0. The maximum atomic E-state index is 12.7. The Morgan fingerprint density at radius 3 is 1.50 bits per heavy atom.